The molecule has 34 heavy (non-hydrogen) atoms. The van der Waals surface area contributed by atoms with Gasteiger partial charge in [-0.3, -0.25) is 15.0 Å². The van der Waals surface area contributed by atoms with Crippen molar-refractivity contribution in [3.63, 3.8) is 0 Å². The van der Waals surface area contributed by atoms with Gasteiger partial charge in [0, 0.05) is 63.7 Å². The van der Waals surface area contributed by atoms with E-state index in [1.807, 2.05) is 72.0 Å². The van der Waals surface area contributed by atoms with Crippen LogP contribution in [0.15, 0.2) is 98.1 Å². The first-order chi connectivity index (χ1) is 16.7. The Hall–Kier alpha value is -3.40. The van der Waals surface area contributed by atoms with E-state index in [0.717, 1.165) is 28.8 Å². The van der Waals surface area contributed by atoms with Crippen LogP contribution in [-0.2, 0) is 31.7 Å². The van der Waals surface area contributed by atoms with Crippen LogP contribution in [0.2, 0.25) is 0 Å². The van der Waals surface area contributed by atoms with E-state index in [9.17, 15) is 0 Å². The number of imidazole rings is 2. The van der Waals surface area contributed by atoms with Crippen LogP contribution >= 0.6 is 9.64 Å². The Morgan fingerprint density at radius 1 is 0.647 bits per heavy atom. The molecule has 5 rings (SSSR count). The molecule has 0 aromatic carbocycles. The molecule has 0 atom stereocenters. The monoisotopic (exact) mass is 654 g/mol. The van der Waals surface area contributed by atoms with Crippen molar-refractivity contribution in [3.8, 4) is 28.8 Å². The summed E-state index contributed by atoms with van der Waals surface area (Å²) in [4.78, 5) is 20.6. The quantitative estimate of drug-likeness (QED) is 0.280. The maximum absolute atomic E-state index is 4.87. The Kier molecular flexibility index (Phi) is 12.2. The Bertz CT molecular complexity index is 1110. The van der Waals surface area contributed by atoms with Crippen molar-refractivity contribution in [1.82, 2.24) is 34.1 Å². The first kappa shape index (κ1) is 26.8. The van der Waals surface area contributed by atoms with Crippen molar-refractivity contribution in [3.05, 3.63) is 98.1 Å². The average Bonchev–Trinajstić information content (AvgIpc) is 3.55. The summed E-state index contributed by atoms with van der Waals surface area (Å²) in [5.74, 6) is 2.64. The molecule has 0 saturated heterocycles. The number of aryl methyl sites for hydroxylation is 2. The van der Waals surface area contributed by atoms with Crippen LogP contribution < -0.4 is 4.74 Å². The molecule has 0 saturated carbocycles. The minimum absolute atomic E-state index is 0.847. The molecule has 5 aromatic rings. The SMILES string of the molecule is COc1ccncc1.Cn1ccnc1-c1ccccn1.Cn1ccnc1-c1ccccn1.[Cl][Os]. The number of nitrogens with zero attached hydrogens (tertiary/aromatic N) is 7. The van der Waals surface area contributed by atoms with Crippen molar-refractivity contribution >= 4 is 9.64 Å². The van der Waals surface area contributed by atoms with Crippen LogP contribution in [-0.4, -0.2) is 41.2 Å². The number of methoxy groups -OCH3 is 1. The maximum atomic E-state index is 4.87. The third-order valence-electron chi connectivity index (χ3n) is 4.32. The summed E-state index contributed by atoms with van der Waals surface area (Å²) >= 11 is 1.33. The number of halogens is 1. The molecule has 0 fully saturated rings. The van der Waals surface area contributed by atoms with Gasteiger partial charge < -0.3 is 13.9 Å². The summed E-state index contributed by atoms with van der Waals surface area (Å²) in [6.45, 7) is 0. The summed E-state index contributed by atoms with van der Waals surface area (Å²) in [5.41, 5.74) is 1.81. The predicted octanol–water partition coefficient (Wildman–Crippen LogP) is 4.74. The zero-order valence-corrected chi connectivity index (χ0v) is 22.3. The van der Waals surface area contributed by atoms with Crippen LogP contribution in [0.4, 0.5) is 0 Å². The zero-order valence-electron chi connectivity index (χ0n) is 19.0. The van der Waals surface area contributed by atoms with E-state index in [2.05, 4.69) is 34.6 Å². The fourth-order valence-electron chi connectivity index (χ4n) is 2.69. The molecule has 0 unspecified atom stereocenters. The summed E-state index contributed by atoms with van der Waals surface area (Å²) in [7, 11) is 10.2. The Morgan fingerprint density at radius 3 is 1.41 bits per heavy atom. The van der Waals surface area contributed by atoms with E-state index in [0.29, 0.717) is 0 Å². The molecular formula is C24H25ClN7OOs. The second kappa shape index (κ2) is 15.4. The number of hydrogen-bond acceptors (Lipinski definition) is 6. The first-order valence-electron chi connectivity index (χ1n) is 10.0. The van der Waals surface area contributed by atoms with E-state index in [1.54, 1.807) is 56.4 Å². The normalized spacial score (nSPS) is 9.32. The Morgan fingerprint density at radius 2 is 1.12 bits per heavy atom. The van der Waals surface area contributed by atoms with Crippen LogP contribution in [0.1, 0.15) is 0 Å². The van der Waals surface area contributed by atoms with E-state index < -0.39 is 0 Å². The molecule has 0 aliphatic rings. The Labute approximate surface area is 213 Å². The van der Waals surface area contributed by atoms with Gasteiger partial charge in [-0.15, -0.1) is 0 Å². The van der Waals surface area contributed by atoms with Crippen molar-refractivity contribution in [2.45, 2.75) is 0 Å². The van der Waals surface area contributed by atoms with Crippen LogP contribution in [0.3, 0.4) is 0 Å². The molecule has 0 spiro atoms. The molecule has 0 bridgehead atoms. The fraction of sp³-hybridized carbons (Fsp3) is 0.125. The average molecular weight is 653 g/mol. The molecule has 0 N–H and O–H groups in total. The molecule has 177 valence electrons. The van der Waals surface area contributed by atoms with Gasteiger partial charge in [-0.25, -0.2) is 9.97 Å². The van der Waals surface area contributed by atoms with Gasteiger partial charge in [0.1, 0.15) is 17.1 Å². The number of rotatable bonds is 3. The van der Waals surface area contributed by atoms with E-state index >= 15 is 0 Å². The molecule has 8 nitrogen and oxygen atoms in total. The van der Waals surface area contributed by atoms with Gasteiger partial charge in [-0.1, -0.05) is 12.1 Å². The molecule has 0 aliphatic carbocycles. The molecule has 5 heterocycles. The summed E-state index contributed by atoms with van der Waals surface area (Å²) < 4.78 is 8.77. The first-order valence-corrected chi connectivity index (χ1v) is 13.2. The third kappa shape index (κ3) is 8.51. The molecule has 0 radical (unpaired) electrons. The number of ether oxygens (including phenoxy) is 1. The van der Waals surface area contributed by atoms with Gasteiger partial charge in [0.15, 0.2) is 11.6 Å². The minimum atomic E-state index is 0.847. The second-order valence-electron chi connectivity index (χ2n) is 6.54. The van der Waals surface area contributed by atoms with Gasteiger partial charge in [0.25, 0.3) is 0 Å². The molecule has 10 heteroatoms. The van der Waals surface area contributed by atoms with Crippen molar-refractivity contribution in [2.75, 3.05) is 7.11 Å². The summed E-state index contributed by atoms with van der Waals surface area (Å²) in [6, 6.07) is 15.2. The van der Waals surface area contributed by atoms with Crippen LogP contribution in [0.25, 0.3) is 23.0 Å². The molecule has 0 aliphatic heterocycles. The molecular weight excluding hydrogens is 628 g/mol. The van der Waals surface area contributed by atoms with Gasteiger partial charge in [0.05, 0.1) is 7.11 Å². The van der Waals surface area contributed by atoms with Gasteiger partial charge in [-0.05, 0) is 36.4 Å². The van der Waals surface area contributed by atoms with Gasteiger partial charge in [0.2, 0.25) is 0 Å². The van der Waals surface area contributed by atoms with E-state index in [4.69, 9.17) is 4.74 Å². The predicted molar refractivity (Wildman–Crippen MR) is 130 cm³/mol. The van der Waals surface area contributed by atoms with E-state index in [-0.39, 0.29) is 0 Å². The second-order valence-corrected chi connectivity index (χ2v) is 6.54. The van der Waals surface area contributed by atoms with Crippen molar-refractivity contribution < 1.29 is 22.3 Å². The van der Waals surface area contributed by atoms with Gasteiger partial charge in [-0.2, -0.15) is 0 Å². The Balaban J connectivity index is 0.000000177. The van der Waals surface area contributed by atoms with Crippen LogP contribution in [0.5, 0.6) is 5.75 Å². The molecule has 5 aromatic heterocycles. The fourth-order valence-corrected chi connectivity index (χ4v) is 2.69. The van der Waals surface area contributed by atoms with Crippen molar-refractivity contribution in [1.29, 1.82) is 0 Å². The third-order valence-corrected chi connectivity index (χ3v) is 4.32. The standard InChI is InChI=1S/2C9H9N3.C6H7NO.ClH.Os/c2*1-12-7-6-11-9(12)8-4-2-3-5-10-8;1-8-6-2-4-7-5-3-6;;/h2*2-7H,1H3;2-5H,1H3;1H;/q;;;;+1/p-1. The topological polar surface area (TPSA) is 83.5 Å². The number of pyridine rings is 3. The van der Waals surface area contributed by atoms with Crippen LogP contribution in [0, 0.1) is 0 Å². The van der Waals surface area contributed by atoms with Gasteiger partial charge >= 0.3 is 27.2 Å². The number of hydrogen-bond donors (Lipinski definition) is 0. The van der Waals surface area contributed by atoms with E-state index in [1.165, 1.54) is 17.6 Å². The van der Waals surface area contributed by atoms with Crippen molar-refractivity contribution in [2.24, 2.45) is 14.1 Å². The zero-order chi connectivity index (χ0) is 24.6. The number of aromatic nitrogens is 7. The summed E-state index contributed by atoms with van der Waals surface area (Å²) in [5, 5.41) is 0. The molecule has 0 amide bonds. The summed E-state index contributed by atoms with van der Waals surface area (Å²) in [6.07, 6.45) is 14.3.